The Balaban J connectivity index is 2.02. The molecule has 0 aromatic heterocycles. The molecule has 0 N–H and O–H groups in total. The van der Waals surface area contributed by atoms with Crippen molar-refractivity contribution in [3.05, 3.63) is 0 Å². The predicted octanol–water partition coefficient (Wildman–Crippen LogP) is 8.32. The minimum atomic E-state index is 0.414. The first-order valence-electron chi connectivity index (χ1n) is 8.11. The molecule has 4 aliphatic carbocycles. The first kappa shape index (κ1) is 19.6. The van der Waals surface area contributed by atoms with Gasteiger partial charge in [-0.3, -0.25) is 0 Å². The van der Waals surface area contributed by atoms with Crippen molar-refractivity contribution in [3.63, 3.8) is 0 Å². The van der Waals surface area contributed by atoms with Crippen LogP contribution in [0.15, 0.2) is 0 Å². The molecule has 0 spiro atoms. The molecular formula is C16H22Br6. The van der Waals surface area contributed by atoms with Gasteiger partial charge in [0.15, 0.2) is 0 Å². The Morgan fingerprint density at radius 1 is 0.682 bits per heavy atom. The topological polar surface area (TPSA) is 0 Å². The summed E-state index contributed by atoms with van der Waals surface area (Å²) in [5, 5.41) is 0. The zero-order valence-corrected chi connectivity index (χ0v) is 21.9. The van der Waals surface area contributed by atoms with Crippen LogP contribution in [-0.4, -0.2) is 11.2 Å². The Hall–Kier alpha value is 2.88. The second-order valence-corrected chi connectivity index (χ2v) is 18.1. The van der Waals surface area contributed by atoms with Crippen LogP contribution >= 0.6 is 95.6 Å². The minimum absolute atomic E-state index is 0.414. The Morgan fingerprint density at radius 3 is 1.55 bits per heavy atom. The van der Waals surface area contributed by atoms with Crippen molar-refractivity contribution in [3.8, 4) is 0 Å². The summed E-state index contributed by atoms with van der Waals surface area (Å²) < 4.78 is 1.26. The second kappa shape index (κ2) is 7.48. The van der Waals surface area contributed by atoms with Crippen molar-refractivity contribution < 1.29 is 0 Å². The summed E-state index contributed by atoms with van der Waals surface area (Å²) in [5.41, 5.74) is 0.911. The zero-order chi connectivity index (χ0) is 16.1. The molecule has 0 aromatic carbocycles. The molecule has 4 bridgehead atoms. The van der Waals surface area contributed by atoms with Gasteiger partial charge in [0.2, 0.25) is 0 Å². The van der Waals surface area contributed by atoms with E-state index < -0.39 is 0 Å². The van der Waals surface area contributed by atoms with Gasteiger partial charge in [-0.25, -0.2) is 0 Å². The molecule has 2 unspecified atom stereocenters. The monoisotopic (exact) mass is 688 g/mol. The molecule has 4 aliphatic rings. The highest BCUT2D eigenvalue weighted by atomic mass is 79.9. The van der Waals surface area contributed by atoms with E-state index in [1.807, 2.05) is 0 Å². The fraction of sp³-hybridized carbons (Fsp3) is 1.00. The average Bonchev–Trinajstić information content (AvgIpc) is 2.32. The number of hydrogen-bond donors (Lipinski definition) is 0. The first-order chi connectivity index (χ1) is 10.3. The second-order valence-electron chi connectivity index (χ2n) is 7.77. The number of alkyl halides is 6. The molecule has 4 rings (SSSR count). The molecule has 0 aliphatic heterocycles. The SMILES string of the molecule is BrC(Br)CC12CC3CC(CC(C3)C1(CC(Br)Br)CC(Br)Br)C2. The van der Waals surface area contributed by atoms with Crippen LogP contribution in [0.3, 0.4) is 0 Å². The Bertz CT molecular complexity index is 378. The molecule has 128 valence electrons. The maximum atomic E-state index is 3.82. The number of hydrogen-bond acceptors (Lipinski definition) is 0. The van der Waals surface area contributed by atoms with E-state index in [0.717, 1.165) is 17.8 Å². The molecule has 22 heavy (non-hydrogen) atoms. The highest BCUT2D eigenvalue weighted by molar-refractivity contribution is 9.25. The molecular weight excluding hydrogens is 672 g/mol. The van der Waals surface area contributed by atoms with Crippen LogP contribution in [0, 0.1) is 28.6 Å². The van der Waals surface area contributed by atoms with E-state index in [0.29, 0.717) is 22.0 Å². The van der Waals surface area contributed by atoms with Crippen LogP contribution in [-0.2, 0) is 0 Å². The maximum Gasteiger partial charge on any atom is 0.0703 e. The van der Waals surface area contributed by atoms with Crippen molar-refractivity contribution in [1.29, 1.82) is 0 Å². The van der Waals surface area contributed by atoms with Crippen LogP contribution in [0.2, 0.25) is 0 Å². The van der Waals surface area contributed by atoms with Gasteiger partial charge < -0.3 is 0 Å². The van der Waals surface area contributed by atoms with E-state index in [4.69, 9.17) is 0 Å². The lowest BCUT2D eigenvalue weighted by molar-refractivity contribution is -0.183. The first-order valence-corrected chi connectivity index (χ1v) is 13.6. The maximum absolute atomic E-state index is 3.82. The normalized spacial score (nSPS) is 39.4. The Morgan fingerprint density at radius 2 is 1.14 bits per heavy atom. The fourth-order valence-electron chi connectivity index (χ4n) is 6.44. The van der Waals surface area contributed by atoms with Gasteiger partial charge in [-0.05, 0) is 80.0 Å². The summed E-state index contributed by atoms with van der Waals surface area (Å²) in [6.07, 6.45) is 11.0. The van der Waals surface area contributed by atoms with E-state index in [2.05, 4.69) is 95.6 Å². The van der Waals surface area contributed by atoms with Crippen molar-refractivity contribution in [1.82, 2.24) is 0 Å². The molecule has 2 atom stereocenters. The van der Waals surface area contributed by atoms with Gasteiger partial charge in [0.1, 0.15) is 0 Å². The van der Waals surface area contributed by atoms with E-state index in [1.54, 1.807) is 0 Å². The van der Waals surface area contributed by atoms with E-state index >= 15 is 0 Å². The number of halogens is 6. The molecule has 6 heteroatoms. The van der Waals surface area contributed by atoms with Gasteiger partial charge in [-0.1, -0.05) is 95.6 Å². The molecule has 0 aromatic rings. The highest BCUT2D eigenvalue weighted by Gasteiger charge is 2.65. The van der Waals surface area contributed by atoms with E-state index in [1.165, 1.54) is 51.4 Å². The lowest BCUT2D eigenvalue weighted by atomic mass is 9.37. The van der Waals surface area contributed by atoms with E-state index in [9.17, 15) is 0 Å². The van der Waals surface area contributed by atoms with Gasteiger partial charge in [-0.15, -0.1) is 0 Å². The molecule has 0 saturated heterocycles. The third-order valence-electron chi connectivity index (χ3n) is 6.68. The van der Waals surface area contributed by atoms with E-state index in [-0.39, 0.29) is 0 Å². The van der Waals surface area contributed by atoms with Crippen LogP contribution in [0.4, 0.5) is 0 Å². The quantitative estimate of drug-likeness (QED) is 0.246. The molecule has 0 radical (unpaired) electrons. The van der Waals surface area contributed by atoms with Gasteiger partial charge in [-0.2, -0.15) is 0 Å². The minimum Gasteiger partial charge on any atom is -0.0765 e. The van der Waals surface area contributed by atoms with Crippen molar-refractivity contribution in [2.75, 3.05) is 0 Å². The summed E-state index contributed by atoms with van der Waals surface area (Å²) in [6, 6.07) is 0. The van der Waals surface area contributed by atoms with Crippen molar-refractivity contribution in [2.24, 2.45) is 28.6 Å². The molecule has 0 heterocycles. The van der Waals surface area contributed by atoms with Gasteiger partial charge >= 0.3 is 0 Å². The Kier molecular flexibility index (Phi) is 6.68. The van der Waals surface area contributed by atoms with Gasteiger partial charge in [0, 0.05) is 0 Å². The highest BCUT2D eigenvalue weighted by Crippen LogP contribution is 2.73. The third-order valence-corrected chi connectivity index (χ3v) is 8.62. The summed E-state index contributed by atoms with van der Waals surface area (Å²) in [7, 11) is 0. The zero-order valence-electron chi connectivity index (χ0n) is 12.4. The summed E-state index contributed by atoms with van der Waals surface area (Å²) in [5.74, 6) is 2.86. The summed E-state index contributed by atoms with van der Waals surface area (Å²) >= 11 is 22.9. The fourth-order valence-corrected chi connectivity index (χ4v) is 9.99. The van der Waals surface area contributed by atoms with Crippen LogP contribution in [0.1, 0.15) is 51.4 Å². The standard InChI is InChI=1S/C16H22Br6/c17-12(18)6-15-4-9-1-10(5-15)3-11(2-9)16(15,7-13(19)20)8-14(21)22/h9-14H,1-8H2. The largest absolute Gasteiger partial charge is 0.0765 e. The van der Waals surface area contributed by atoms with Crippen LogP contribution < -0.4 is 0 Å². The van der Waals surface area contributed by atoms with Gasteiger partial charge in [0.25, 0.3) is 0 Å². The van der Waals surface area contributed by atoms with Gasteiger partial charge in [0.05, 0.1) is 11.2 Å². The molecule has 0 amide bonds. The predicted molar refractivity (Wildman–Crippen MR) is 117 cm³/mol. The lowest BCUT2D eigenvalue weighted by Gasteiger charge is -2.69. The van der Waals surface area contributed by atoms with Crippen molar-refractivity contribution in [2.45, 2.75) is 62.6 Å². The van der Waals surface area contributed by atoms with Crippen LogP contribution in [0.5, 0.6) is 0 Å². The van der Waals surface area contributed by atoms with Crippen molar-refractivity contribution >= 4 is 95.6 Å². The molecule has 4 fully saturated rings. The summed E-state index contributed by atoms with van der Waals surface area (Å²) in [6.45, 7) is 0. The smallest absolute Gasteiger partial charge is 0.0703 e. The third kappa shape index (κ3) is 3.64. The average molecular weight is 694 g/mol. The Labute approximate surface area is 184 Å². The summed E-state index contributed by atoms with van der Waals surface area (Å²) in [4.78, 5) is 0. The number of rotatable bonds is 6. The lowest BCUT2D eigenvalue weighted by Crippen LogP contribution is -2.61. The van der Waals surface area contributed by atoms with Crippen LogP contribution in [0.25, 0.3) is 0 Å². The molecule has 0 nitrogen and oxygen atoms in total. The molecule has 4 saturated carbocycles.